The summed E-state index contributed by atoms with van der Waals surface area (Å²) in [7, 11) is 0. The molecular formula is C20H22ClN5O2. The van der Waals surface area contributed by atoms with Gasteiger partial charge >= 0.3 is 0 Å². The molecule has 7 nitrogen and oxygen atoms in total. The fraction of sp³-hybridized carbons (Fsp3) is 0.400. The number of carbonyl (C=O) groups excluding carboxylic acids is 2. The van der Waals surface area contributed by atoms with E-state index in [1.54, 1.807) is 41.6 Å². The Bertz CT molecular complexity index is 893. The SMILES string of the molecule is Cc1c(Cl)cccc1NC(=O)C1(C(=O)N2CCN(c3ncccn3)CC2)CC1. The van der Waals surface area contributed by atoms with Crippen molar-refractivity contribution in [2.75, 3.05) is 36.4 Å². The number of benzene rings is 1. The minimum atomic E-state index is -0.944. The summed E-state index contributed by atoms with van der Waals surface area (Å²) in [6.07, 6.45) is 4.58. The molecule has 0 bridgehead atoms. The van der Waals surface area contributed by atoms with Crippen LogP contribution in [0.1, 0.15) is 18.4 Å². The van der Waals surface area contributed by atoms with E-state index >= 15 is 0 Å². The number of halogens is 1. The molecule has 2 heterocycles. The molecule has 28 heavy (non-hydrogen) atoms. The first-order valence-corrected chi connectivity index (χ1v) is 9.77. The molecule has 146 valence electrons. The normalized spacial score (nSPS) is 17.9. The second kappa shape index (κ2) is 7.39. The van der Waals surface area contributed by atoms with Crippen molar-refractivity contribution in [2.24, 2.45) is 5.41 Å². The fourth-order valence-corrected chi connectivity index (χ4v) is 3.69. The van der Waals surface area contributed by atoms with Crippen LogP contribution in [-0.2, 0) is 9.59 Å². The van der Waals surface area contributed by atoms with Crippen molar-refractivity contribution < 1.29 is 9.59 Å². The van der Waals surface area contributed by atoms with Gasteiger partial charge in [0.2, 0.25) is 17.8 Å². The molecule has 1 aromatic heterocycles. The Kier molecular flexibility index (Phi) is 4.93. The molecule has 1 aromatic carbocycles. The fourth-order valence-electron chi connectivity index (χ4n) is 3.51. The van der Waals surface area contributed by atoms with Crippen LogP contribution in [0.25, 0.3) is 0 Å². The molecule has 2 aromatic rings. The molecule has 0 spiro atoms. The molecule has 1 N–H and O–H groups in total. The van der Waals surface area contributed by atoms with Crippen LogP contribution in [0.15, 0.2) is 36.7 Å². The standard InChI is InChI=1S/C20H22ClN5O2/c1-14-15(21)4-2-5-16(14)24-17(27)20(6-7-20)18(28)25-10-12-26(13-11-25)19-22-8-3-9-23-19/h2-5,8-9H,6-7,10-13H2,1H3,(H,24,27). The lowest BCUT2D eigenvalue weighted by atomic mass is 10.0. The molecular weight excluding hydrogens is 378 g/mol. The molecule has 1 saturated carbocycles. The van der Waals surface area contributed by atoms with E-state index in [1.165, 1.54) is 0 Å². The number of piperazine rings is 1. The number of hydrogen-bond donors (Lipinski definition) is 1. The van der Waals surface area contributed by atoms with Crippen molar-refractivity contribution in [2.45, 2.75) is 19.8 Å². The number of carbonyl (C=O) groups is 2. The first kappa shape index (κ1) is 18.7. The molecule has 8 heteroatoms. The van der Waals surface area contributed by atoms with Crippen LogP contribution in [0.2, 0.25) is 5.02 Å². The Hall–Kier alpha value is -2.67. The van der Waals surface area contributed by atoms with E-state index in [0.717, 1.165) is 5.56 Å². The van der Waals surface area contributed by atoms with Crippen molar-refractivity contribution in [1.82, 2.24) is 14.9 Å². The predicted molar refractivity (Wildman–Crippen MR) is 107 cm³/mol. The number of nitrogens with one attached hydrogen (secondary N) is 1. The van der Waals surface area contributed by atoms with Crippen molar-refractivity contribution in [3.05, 3.63) is 47.2 Å². The summed E-state index contributed by atoms with van der Waals surface area (Å²) in [5.41, 5.74) is 0.514. The van der Waals surface area contributed by atoms with Crippen molar-refractivity contribution in [1.29, 1.82) is 0 Å². The van der Waals surface area contributed by atoms with Crippen LogP contribution in [-0.4, -0.2) is 52.9 Å². The van der Waals surface area contributed by atoms with Crippen LogP contribution in [0.3, 0.4) is 0 Å². The minimum absolute atomic E-state index is 0.0849. The van der Waals surface area contributed by atoms with Crippen molar-refractivity contribution >= 4 is 35.1 Å². The monoisotopic (exact) mass is 399 g/mol. The average Bonchev–Trinajstić information content (AvgIpc) is 3.54. The van der Waals surface area contributed by atoms with Crippen LogP contribution in [0, 0.1) is 12.3 Å². The summed E-state index contributed by atoms with van der Waals surface area (Å²) in [6.45, 7) is 4.27. The van der Waals surface area contributed by atoms with Crippen LogP contribution < -0.4 is 10.2 Å². The van der Waals surface area contributed by atoms with E-state index in [2.05, 4.69) is 20.2 Å². The Morgan fingerprint density at radius 2 is 1.75 bits per heavy atom. The number of anilines is 2. The number of aromatic nitrogens is 2. The van der Waals surface area contributed by atoms with Gasteiger partial charge in [0.25, 0.3) is 0 Å². The molecule has 0 radical (unpaired) electrons. The highest BCUT2D eigenvalue weighted by atomic mass is 35.5. The van der Waals surface area contributed by atoms with E-state index in [9.17, 15) is 9.59 Å². The Morgan fingerprint density at radius 1 is 1.07 bits per heavy atom. The lowest BCUT2D eigenvalue weighted by molar-refractivity contribution is -0.142. The Morgan fingerprint density at radius 3 is 2.39 bits per heavy atom. The summed E-state index contributed by atoms with van der Waals surface area (Å²) >= 11 is 6.13. The summed E-state index contributed by atoms with van der Waals surface area (Å²) < 4.78 is 0. The molecule has 1 aliphatic carbocycles. The highest BCUT2D eigenvalue weighted by Gasteiger charge is 2.58. The van der Waals surface area contributed by atoms with E-state index < -0.39 is 5.41 Å². The molecule has 2 aliphatic rings. The third kappa shape index (κ3) is 3.42. The average molecular weight is 400 g/mol. The molecule has 0 unspecified atom stereocenters. The first-order valence-electron chi connectivity index (χ1n) is 9.39. The number of rotatable bonds is 4. The molecule has 2 amide bonds. The van der Waals surface area contributed by atoms with Gasteiger partial charge in [-0.25, -0.2) is 9.97 Å². The summed E-state index contributed by atoms with van der Waals surface area (Å²) in [5, 5.41) is 3.50. The van der Waals surface area contributed by atoms with Gasteiger partial charge in [0, 0.05) is 49.3 Å². The Labute approximate surface area is 168 Å². The molecule has 1 saturated heterocycles. The zero-order valence-corrected chi connectivity index (χ0v) is 16.4. The van der Waals surface area contributed by atoms with E-state index in [0.29, 0.717) is 55.7 Å². The molecule has 1 aliphatic heterocycles. The number of hydrogen-bond acceptors (Lipinski definition) is 5. The number of amides is 2. The second-order valence-electron chi connectivity index (χ2n) is 7.28. The summed E-state index contributed by atoms with van der Waals surface area (Å²) in [6, 6.07) is 7.15. The maximum Gasteiger partial charge on any atom is 0.240 e. The zero-order chi connectivity index (χ0) is 19.7. The third-order valence-corrected chi connectivity index (χ3v) is 5.92. The molecule has 2 fully saturated rings. The van der Waals surface area contributed by atoms with Crippen molar-refractivity contribution in [3.63, 3.8) is 0 Å². The van der Waals surface area contributed by atoms with Gasteiger partial charge in [0.1, 0.15) is 5.41 Å². The van der Waals surface area contributed by atoms with Gasteiger partial charge in [-0.15, -0.1) is 0 Å². The maximum atomic E-state index is 13.1. The smallest absolute Gasteiger partial charge is 0.240 e. The summed E-state index contributed by atoms with van der Waals surface area (Å²) in [4.78, 5) is 38.4. The van der Waals surface area contributed by atoms with Gasteiger partial charge in [0.15, 0.2) is 0 Å². The van der Waals surface area contributed by atoms with Crippen LogP contribution in [0.4, 0.5) is 11.6 Å². The van der Waals surface area contributed by atoms with Gasteiger partial charge in [-0.1, -0.05) is 17.7 Å². The molecule has 0 atom stereocenters. The largest absolute Gasteiger partial charge is 0.338 e. The van der Waals surface area contributed by atoms with Gasteiger partial charge < -0.3 is 15.1 Å². The highest BCUT2D eigenvalue weighted by molar-refractivity contribution is 6.31. The van der Waals surface area contributed by atoms with E-state index in [4.69, 9.17) is 11.6 Å². The lowest BCUT2D eigenvalue weighted by Gasteiger charge is -2.36. The summed E-state index contributed by atoms with van der Waals surface area (Å²) in [5.74, 6) is 0.347. The quantitative estimate of drug-likeness (QED) is 0.799. The van der Waals surface area contributed by atoms with Gasteiger partial charge in [0.05, 0.1) is 0 Å². The third-order valence-electron chi connectivity index (χ3n) is 5.51. The maximum absolute atomic E-state index is 13.1. The first-order chi connectivity index (χ1) is 13.5. The lowest BCUT2D eigenvalue weighted by Crippen LogP contribution is -2.53. The minimum Gasteiger partial charge on any atom is -0.338 e. The number of nitrogens with zero attached hydrogens (tertiary/aromatic N) is 4. The van der Waals surface area contributed by atoms with Gasteiger partial charge in [-0.3, -0.25) is 9.59 Å². The molecule has 4 rings (SSSR count). The predicted octanol–water partition coefficient (Wildman–Crippen LogP) is 2.51. The van der Waals surface area contributed by atoms with Gasteiger partial charge in [-0.2, -0.15) is 0 Å². The highest BCUT2D eigenvalue weighted by Crippen LogP contribution is 2.48. The van der Waals surface area contributed by atoms with E-state index in [-0.39, 0.29) is 11.8 Å². The van der Waals surface area contributed by atoms with Gasteiger partial charge in [-0.05, 0) is 43.5 Å². The van der Waals surface area contributed by atoms with E-state index in [1.807, 2.05) is 6.92 Å². The van der Waals surface area contributed by atoms with Crippen molar-refractivity contribution in [3.8, 4) is 0 Å². The second-order valence-corrected chi connectivity index (χ2v) is 7.68. The van der Waals surface area contributed by atoms with Crippen LogP contribution in [0.5, 0.6) is 0 Å². The Balaban J connectivity index is 1.40. The van der Waals surface area contributed by atoms with Crippen LogP contribution >= 0.6 is 11.6 Å². The zero-order valence-electron chi connectivity index (χ0n) is 15.7. The topological polar surface area (TPSA) is 78.4 Å².